The van der Waals surface area contributed by atoms with Gasteiger partial charge in [0.25, 0.3) is 0 Å². The second-order valence-corrected chi connectivity index (χ2v) is 11.8. The van der Waals surface area contributed by atoms with Crippen LogP contribution in [0.2, 0.25) is 0 Å². The van der Waals surface area contributed by atoms with Gasteiger partial charge in [0.1, 0.15) is 11.9 Å². The highest BCUT2D eigenvalue weighted by atomic mass is 16.5. The van der Waals surface area contributed by atoms with Crippen LogP contribution in [0.15, 0.2) is 66.9 Å². The number of nitrogens with zero attached hydrogens (tertiary/aromatic N) is 6. The fraction of sp³-hybridized carbons (Fsp3) is 0.394. The maximum atomic E-state index is 14.2. The number of carbonyl (C=O) groups is 2. The summed E-state index contributed by atoms with van der Waals surface area (Å²) in [5.74, 6) is 0.931. The Morgan fingerprint density at radius 1 is 0.956 bits per heavy atom. The van der Waals surface area contributed by atoms with Crippen molar-refractivity contribution in [3.05, 3.63) is 72.4 Å². The van der Waals surface area contributed by atoms with Gasteiger partial charge in [0, 0.05) is 42.9 Å². The van der Waals surface area contributed by atoms with E-state index in [9.17, 15) is 9.59 Å². The van der Waals surface area contributed by atoms with Gasteiger partial charge in [-0.05, 0) is 96.4 Å². The van der Waals surface area contributed by atoms with E-state index in [1.807, 2.05) is 60.8 Å². The van der Waals surface area contributed by atoms with E-state index in [4.69, 9.17) is 16.2 Å². The molecule has 0 spiro atoms. The minimum Gasteiger partial charge on any atom is -0.378 e. The number of amides is 2. The molecular weight excluding hydrogens is 570 g/mol. The van der Waals surface area contributed by atoms with Crippen molar-refractivity contribution in [3.63, 3.8) is 0 Å². The summed E-state index contributed by atoms with van der Waals surface area (Å²) in [5, 5.41) is 14.2. The number of benzene rings is 2. The molecule has 0 unspecified atom stereocenters. The molecule has 3 heterocycles. The fourth-order valence-corrected chi connectivity index (χ4v) is 6.30. The highest BCUT2D eigenvalue weighted by molar-refractivity contribution is 6.01. The summed E-state index contributed by atoms with van der Waals surface area (Å²) in [7, 11) is 0. The number of tetrazole rings is 1. The standard InChI is InChI=1S/C33H39N9O3/c34-21-23-3-7-26(8-4-23)33(44)42(28-11-9-25(10-12-28)32-37-39-40-38-32)29(31(35)43)19-22-1-5-24(6-2-22)27-13-14-36-30(20-27)41-15-17-45-18-16-41/h1-2,5-6,9-14,20,23,26,29H,3-4,7-8,15-19,21,34H2,(H2,35,43)(H,37,38,39,40)/t23?,26?,29-/m0/s1. The van der Waals surface area contributed by atoms with E-state index in [2.05, 4.69) is 36.6 Å². The number of pyridine rings is 1. The van der Waals surface area contributed by atoms with Crippen LogP contribution in [0.25, 0.3) is 22.5 Å². The predicted octanol–water partition coefficient (Wildman–Crippen LogP) is 2.96. The van der Waals surface area contributed by atoms with Gasteiger partial charge in [0.15, 0.2) is 0 Å². The first-order valence-electron chi connectivity index (χ1n) is 15.5. The number of anilines is 2. The van der Waals surface area contributed by atoms with Crippen molar-refractivity contribution in [2.75, 3.05) is 42.6 Å². The molecule has 5 N–H and O–H groups in total. The van der Waals surface area contributed by atoms with Gasteiger partial charge in [-0.25, -0.2) is 4.98 Å². The zero-order valence-electron chi connectivity index (χ0n) is 25.2. The summed E-state index contributed by atoms with van der Waals surface area (Å²) >= 11 is 0. The van der Waals surface area contributed by atoms with Gasteiger partial charge in [0.05, 0.1) is 13.2 Å². The Balaban J connectivity index is 1.25. The lowest BCUT2D eigenvalue weighted by molar-refractivity contribution is -0.127. The molecule has 0 bridgehead atoms. The molecule has 1 saturated heterocycles. The highest BCUT2D eigenvalue weighted by Crippen LogP contribution is 2.33. The minimum absolute atomic E-state index is 0.0920. The third-order valence-electron chi connectivity index (χ3n) is 8.95. The maximum Gasteiger partial charge on any atom is 0.240 e. The topological polar surface area (TPSA) is 169 Å². The summed E-state index contributed by atoms with van der Waals surface area (Å²) in [4.78, 5) is 35.7. The predicted molar refractivity (Wildman–Crippen MR) is 171 cm³/mol. The van der Waals surface area contributed by atoms with Gasteiger partial charge >= 0.3 is 0 Å². The van der Waals surface area contributed by atoms with Crippen LogP contribution >= 0.6 is 0 Å². The molecule has 0 radical (unpaired) electrons. The Kier molecular flexibility index (Phi) is 9.41. The van der Waals surface area contributed by atoms with Crippen LogP contribution in [-0.2, 0) is 20.7 Å². The first-order valence-corrected chi connectivity index (χ1v) is 15.5. The monoisotopic (exact) mass is 609 g/mol. The minimum atomic E-state index is -0.875. The van der Waals surface area contributed by atoms with Gasteiger partial charge in [-0.15, -0.1) is 10.2 Å². The van der Waals surface area contributed by atoms with Crippen molar-refractivity contribution in [2.24, 2.45) is 23.3 Å². The fourth-order valence-electron chi connectivity index (χ4n) is 6.30. The van der Waals surface area contributed by atoms with Gasteiger partial charge in [-0.3, -0.25) is 14.5 Å². The second kappa shape index (κ2) is 14.0. The first kappa shape index (κ1) is 30.4. The molecule has 2 aromatic carbocycles. The second-order valence-electron chi connectivity index (χ2n) is 11.8. The summed E-state index contributed by atoms with van der Waals surface area (Å²) in [6.07, 6.45) is 5.35. The molecule has 4 aromatic rings. The van der Waals surface area contributed by atoms with Crippen molar-refractivity contribution in [2.45, 2.75) is 38.1 Å². The van der Waals surface area contributed by atoms with Gasteiger partial charge in [-0.1, -0.05) is 24.3 Å². The van der Waals surface area contributed by atoms with Gasteiger partial charge in [0.2, 0.25) is 17.6 Å². The third kappa shape index (κ3) is 7.02. The smallest absolute Gasteiger partial charge is 0.240 e. The van der Waals surface area contributed by atoms with Crippen molar-refractivity contribution in [1.29, 1.82) is 0 Å². The first-order chi connectivity index (χ1) is 22.0. The zero-order chi connectivity index (χ0) is 31.2. The van der Waals surface area contributed by atoms with Crippen LogP contribution < -0.4 is 21.3 Å². The summed E-state index contributed by atoms with van der Waals surface area (Å²) in [6, 6.07) is 18.5. The van der Waals surface area contributed by atoms with Crippen molar-refractivity contribution < 1.29 is 14.3 Å². The van der Waals surface area contributed by atoms with Crippen LogP contribution in [0.1, 0.15) is 31.2 Å². The molecule has 1 aliphatic heterocycles. The molecular formula is C33H39N9O3. The number of morpholine rings is 1. The van der Waals surface area contributed by atoms with E-state index in [1.54, 1.807) is 4.90 Å². The number of hydrogen-bond donors (Lipinski definition) is 3. The van der Waals surface area contributed by atoms with E-state index in [1.165, 1.54) is 0 Å². The maximum absolute atomic E-state index is 14.2. The molecule has 1 aliphatic carbocycles. The average molecular weight is 610 g/mol. The summed E-state index contributed by atoms with van der Waals surface area (Å²) in [6.45, 7) is 3.63. The molecule has 234 valence electrons. The van der Waals surface area contributed by atoms with E-state index in [-0.39, 0.29) is 18.2 Å². The molecule has 45 heavy (non-hydrogen) atoms. The lowest BCUT2D eigenvalue weighted by Crippen LogP contribution is -2.52. The molecule has 2 aliphatic rings. The lowest BCUT2D eigenvalue weighted by atomic mass is 9.81. The molecule has 1 saturated carbocycles. The molecule has 6 rings (SSSR count). The Bertz CT molecular complexity index is 1560. The van der Waals surface area contributed by atoms with Gasteiger partial charge < -0.3 is 21.1 Å². The van der Waals surface area contributed by atoms with E-state index >= 15 is 0 Å². The van der Waals surface area contributed by atoms with E-state index in [0.717, 1.165) is 66.8 Å². The summed E-state index contributed by atoms with van der Waals surface area (Å²) < 4.78 is 5.48. The Labute approximate surface area is 262 Å². The number of ether oxygens (including phenoxy) is 1. The quantitative estimate of drug-likeness (QED) is 0.245. The van der Waals surface area contributed by atoms with Crippen molar-refractivity contribution in [1.82, 2.24) is 25.6 Å². The summed E-state index contributed by atoms with van der Waals surface area (Å²) in [5.41, 5.74) is 16.3. The number of hydrogen-bond acceptors (Lipinski definition) is 9. The number of H-pyrrole nitrogens is 1. The normalized spacial score (nSPS) is 19.2. The van der Waals surface area contributed by atoms with E-state index in [0.29, 0.717) is 37.2 Å². The lowest BCUT2D eigenvalue weighted by Gasteiger charge is -2.35. The van der Waals surface area contributed by atoms with Gasteiger partial charge in [-0.2, -0.15) is 5.21 Å². The van der Waals surface area contributed by atoms with Crippen molar-refractivity contribution >= 4 is 23.3 Å². The SMILES string of the molecule is NCC1CCC(C(=O)N(c2ccc(-c3nn[nH]n3)cc2)[C@@H](Cc2ccc(-c3ccnc(N4CCOCC4)c3)cc2)C(N)=O)CC1. The highest BCUT2D eigenvalue weighted by Gasteiger charge is 2.36. The number of aromatic amines is 1. The van der Waals surface area contributed by atoms with Crippen molar-refractivity contribution in [3.8, 4) is 22.5 Å². The zero-order valence-corrected chi connectivity index (χ0v) is 25.2. The average Bonchev–Trinajstić information content (AvgIpc) is 3.64. The molecule has 12 nitrogen and oxygen atoms in total. The molecule has 12 heteroatoms. The van der Waals surface area contributed by atoms with Crippen LogP contribution in [0.3, 0.4) is 0 Å². The largest absolute Gasteiger partial charge is 0.378 e. The third-order valence-corrected chi connectivity index (χ3v) is 8.95. The van der Waals surface area contributed by atoms with Crippen LogP contribution in [0, 0.1) is 11.8 Å². The molecule has 2 aromatic heterocycles. The Morgan fingerprint density at radius 2 is 1.67 bits per heavy atom. The molecule has 2 amide bonds. The molecule has 1 atom stereocenters. The van der Waals surface area contributed by atoms with Crippen LogP contribution in [0.5, 0.6) is 0 Å². The number of aromatic nitrogens is 5. The van der Waals surface area contributed by atoms with E-state index < -0.39 is 11.9 Å². The van der Waals surface area contributed by atoms with Crippen LogP contribution in [0.4, 0.5) is 11.5 Å². The number of primary amides is 1. The number of nitrogens with one attached hydrogen (secondary N) is 1. The molecule has 2 fully saturated rings. The number of nitrogens with two attached hydrogens (primary N) is 2. The Morgan fingerprint density at radius 3 is 2.31 bits per heavy atom. The van der Waals surface area contributed by atoms with Crippen LogP contribution in [-0.4, -0.2) is 76.3 Å². The number of rotatable bonds is 10. The Hall–Kier alpha value is -4.68. The number of carbonyl (C=O) groups excluding carboxylic acids is 2.